The lowest BCUT2D eigenvalue weighted by molar-refractivity contribution is -0.142. The normalized spacial score (nSPS) is 16.7. The Bertz CT molecular complexity index is 868. The Labute approximate surface area is 168 Å². The lowest BCUT2D eigenvalue weighted by Crippen LogP contribution is -2.35. The molecule has 0 fully saturated rings. The molecule has 1 heterocycles. The molecular weight excluding hydrogens is 382 g/mol. The van der Waals surface area contributed by atoms with Gasteiger partial charge in [-0.25, -0.2) is 4.79 Å². The van der Waals surface area contributed by atoms with E-state index in [1.165, 1.54) is 6.08 Å². The maximum Gasteiger partial charge on any atom is 0.331 e. The van der Waals surface area contributed by atoms with E-state index in [9.17, 15) is 9.59 Å². The fraction of sp³-hybridized carbons (Fsp3) is 0.238. The number of rotatable bonds is 4. The Morgan fingerprint density at radius 2 is 2.07 bits per heavy atom. The minimum Gasteiger partial charge on any atom is -0.452 e. The Hall–Kier alpha value is -2.24. The van der Waals surface area contributed by atoms with Gasteiger partial charge in [0.2, 0.25) is 0 Å². The fourth-order valence-corrected chi connectivity index (χ4v) is 4.09. The number of esters is 1. The summed E-state index contributed by atoms with van der Waals surface area (Å²) < 4.78 is 5.13. The first-order valence-electron chi connectivity index (χ1n) is 8.69. The van der Waals surface area contributed by atoms with E-state index in [4.69, 9.17) is 16.3 Å². The minimum atomic E-state index is -0.561. The number of halogens is 1. The number of anilines is 1. The zero-order valence-corrected chi connectivity index (χ0v) is 16.5. The number of amides is 1. The number of fused-ring (bicyclic) bond motifs is 1. The van der Waals surface area contributed by atoms with Crippen LogP contribution >= 0.6 is 23.4 Å². The summed E-state index contributed by atoms with van der Waals surface area (Å²) in [6.45, 7) is 2.47. The molecule has 3 rings (SSSR count). The lowest BCUT2D eigenvalue weighted by Gasteiger charge is -2.22. The van der Waals surface area contributed by atoms with Gasteiger partial charge in [0.15, 0.2) is 6.61 Å². The molecule has 140 valence electrons. The second-order valence-corrected chi connectivity index (χ2v) is 8.14. The molecule has 1 aliphatic rings. The summed E-state index contributed by atoms with van der Waals surface area (Å²) in [6, 6.07) is 14.9. The van der Waals surface area contributed by atoms with Crippen LogP contribution in [0.15, 0.2) is 59.5 Å². The predicted molar refractivity (Wildman–Crippen MR) is 110 cm³/mol. The molecule has 0 aromatic heterocycles. The minimum absolute atomic E-state index is 0.221. The SMILES string of the molecule is C[C@@H]1CCN(C(=O)COC(=O)/C=C/c2cccc(Cl)c2)c2ccccc2S1. The summed E-state index contributed by atoms with van der Waals surface area (Å²) >= 11 is 7.67. The third kappa shape index (κ3) is 5.37. The van der Waals surface area contributed by atoms with E-state index >= 15 is 0 Å². The van der Waals surface area contributed by atoms with E-state index in [1.807, 2.05) is 30.3 Å². The molecule has 2 aromatic rings. The molecule has 0 aliphatic carbocycles. The molecule has 0 unspecified atom stereocenters. The van der Waals surface area contributed by atoms with Gasteiger partial charge < -0.3 is 9.64 Å². The first-order chi connectivity index (χ1) is 13.0. The number of thioether (sulfide) groups is 1. The third-order valence-corrected chi connectivity index (χ3v) is 5.62. The number of para-hydroxylation sites is 1. The fourth-order valence-electron chi connectivity index (χ4n) is 2.78. The second kappa shape index (κ2) is 9.11. The van der Waals surface area contributed by atoms with E-state index in [2.05, 4.69) is 6.92 Å². The zero-order valence-electron chi connectivity index (χ0n) is 14.9. The topological polar surface area (TPSA) is 46.6 Å². The predicted octanol–water partition coefficient (Wildman–Crippen LogP) is 4.81. The van der Waals surface area contributed by atoms with Crippen LogP contribution in [-0.2, 0) is 14.3 Å². The van der Waals surface area contributed by atoms with Crippen LogP contribution in [0.4, 0.5) is 5.69 Å². The molecule has 0 bridgehead atoms. The summed E-state index contributed by atoms with van der Waals surface area (Å²) in [5.41, 5.74) is 1.67. The number of hydrogen-bond acceptors (Lipinski definition) is 4. The van der Waals surface area contributed by atoms with Gasteiger partial charge in [-0.1, -0.05) is 42.8 Å². The molecule has 0 saturated carbocycles. The van der Waals surface area contributed by atoms with Crippen molar-refractivity contribution in [2.75, 3.05) is 18.1 Å². The van der Waals surface area contributed by atoms with Crippen molar-refractivity contribution in [1.82, 2.24) is 0 Å². The summed E-state index contributed by atoms with van der Waals surface area (Å²) in [7, 11) is 0. The Morgan fingerprint density at radius 3 is 2.89 bits per heavy atom. The molecule has 6 heteroatoms. The monoisotopic (exact) mass is 401 g/mol. The van der Waals surface area contributed by atoms with E-state index in [0.717, 1.165) is 22.6 Å². The van der Waals surface area contributed by atoms with Gasteiger partial charge in [0, 0.05) is 27.8 Å². The molecule has 1 aliphatic heterocycles. The van der Waals surface area contributed by atoms with Crippen molar-refractivity contribution in [2.24, 2.45) is 0 Å². The van der Waals surface area contributed by atoms with Crippen LogP contribution in [0.2, 0.25) is 5.02 Å². The number of carbonyl (C=O) groups excluding carboxylic acids is 2. The third-order valence-electron chi connectivity index (χ3n) is 4.14. The highest BCUT2D eigenvalue weighted by Crippen LogP contribution is 2.37. The highest BCUT2D eigenvalue weighted by atomic mass is 35.5. The smallest absolute Gasteiger partial charge is 0.331 e. The standard InChI is InChI=1S/C21H20ClNO3S/c1-15-11-12-23(18-7-2-3-8-19(18)27-15)20(24)14-26-21(25)10-9-16-5-4-6-17(22)13-16/h2-10,13,15H,11-12,14H2,1H3/b10-9+/t15-/m1/s1. The van der Waals surface area contributed by atoms with Crippen molar-refractivity contribution in [1.29, 1.82) is 0 Å². The van der Waals surface area contributed by atoms with E-state index < -0.39 is 5.97 Å². The van der Waals surface area contributed by atoms with Gasteiger partial charge in [0.25, 0.3) is 5.91 Å². The highest BCUT2D eigenvalue weighted by Gasteiger charge is 2.24. The van der Waals surface area contributed by atoms with Crippen molar-refractivity contribution >= 4 is 47.0 Å². The van der Waals surface area contributed by atoms with Crippen LogP contribution in [0.5, 0.6) is 0 Å². The number of ether oxygens (including phenoxy) is 1. The Kier molecular flexibility index (Phi) is 6.58. The summed E-state index contributed by atoms with van der Waals surface area (Å²) in [5.74, 6) is -0.782. The van der Waals surface area contributed by atoms with Crippen LogP contribution in [0.3, 0.4) is 0 Å². The quantitative estimate of drug-likeness (QED) is 0.544. The first kappa shape index (κ1) is 19.5. The van der Waals surface area contributed by atoms with Crippen LogP contribution < -0.4 is 4.90 Å². The van der Waals surface area contributed by atoms with Gasteiger partial charge in [-0.15, -0.1) is 11.8 Å². The molecule has 0 spiro atoms. The molecule has 27 heavy (non-hydrogen) atoms. The average molecular weight is 402 g/mol. The number of nitrogens with zero attached hydrogens (tertiary/aromatic N) is 1. The molecule has 0 saturated heterocycles. The van der Waals surface area contributed by atoms with Gasteiger partial charge in [0.05, 0.1) is 5.69 Å². The molecule has 1 atom stereocenters. The number of benzene rings is 2. The molecule has 0 N–H and O–H groups in total. The number of carbonyl (C=O) groups is 2. The van der Waals surface area contributed by atoms with Gasteiger partial charge in [-0.3, -0.25) is 4.79 Å². The molecular formula is C21H20ClNO3S. The highest BCUT2D eigenvalue weighted by molar-refractivity contribution is 8.00. The molecule has 1 amide bonds. The van der Waals surface area contributed by atoms with E-state index in [0.29, 0.717) is 16.8 Å². The molecule has 4 nitrogen and oxygen atoms in total. The van der Waals surface area contributed by atoms with Crippen LogP contribution in [-0.4, -0.2) is 30.3 Å². The molecule has 0 radical (unpaired) electrons. The van der Waals surface area contributed by atoms with Gasteiger partial charge in [-0.2, -0.15) is 0 Å². The van der Waals surface area contributed by atoms with Gasteiger partial charge >= 0.3 is 5.97 Å². The lowest BCUT2D eigenvalue weighted by atomic mass is 10.2. The van der Waals surface area contributed by atoms with Gasteiger partial charge in [-0.05, 0) is 42.3 Å². The van der Waals surface area contributed by atoms with Crippen LogP contribution in [0.1, 0.15) is 18.9 Å². The Balaban J connectivity index is 1.61. The van der Waals surface area contributed by atoms with Crippen molar-refractivity contribution in [3.63, 3.8) is 0 Å². The van der Waals surface area contributed by atoms with Gasteiger partial charge in [0.1, 0.15) is 0 Å². The summed E-state index contributed by atoms with van der Waals surface area (Å²) in [5, 5.41) is 1.01. The zero-order chi connectivity index (χ0) is 19.2. The maximum atomic E-state index is 12.6. The largest absolute Gasteiger partial charge is 0.452 e. The van der Waals surface area contributed by atoms with Crippen LogP contribution in [0.25, 0.3) is 6.08 Å². The van der Waals surface area contributed by atoms with Crippen molar-refractivity contribution in [3.05, 3.63) is 65.2 Å². The van der Waals surface area contributed by atoms with Crippen LogP contribution in [0, 0.1) is 0 Å². The molecule has 2 aromatic carbocycles. The average Bonchev–Trinajstić information content (AvgIpc) is 2.82. The van der Waals surface area contributed by atoms with Crippen molar-refractivity contribution in [2.45, 2.75) is 23.5 Å². The number of hydrogen-bond donors (Lipinski definition) is 0. The summed E-state index contributed by atoms with van der Waals surface area (Å²) in [6.07, 6.45) is 3.79. The maximum absolute atomic E-state index is 12.6. The van der Waals surface area contributed by atoms with Crippen molar-refractivity contribution in [3.8, 4) is 0 Å². The van der Waals surface area contributed by atoms with E-state index in [1.54, 1.807) is 40.9 Å². The first-order valence-corrected chi connectivity index (χ1v) is 9.95. The second-order valence-electron chi connectivity index (χ2n) is 6.23. The summed E-state index contributed by atoms with van der Waals surface area (Å²) in [4.78, 5) is 27.4. The van der Waals surface area contributed by atoms with Crippen molar-refractivity contribution < 1.29 is 14.3 Å². The Morgan fingerprint density at radius 1 is 1.26 bits per heavy atom. The van der Waals surface area contributed by atoms with E-state index in [-0.39, 0.29) is 12.5 Å².